The molecule has 3 aromatic carbocycles. The number of anilines is 2. The monoisotopic (exact) mass is 524 g/mol. The molecule has 2 unspecified atom stereocenters. The van der Waals surface area contributed by atoms with Crippen molar-refractivity contribution in [3.63, 3.8) is 0 Å². The zero-order chi connectivity index (χ0) is 23.9. The van der Waals surface area contributed by atoms with Gasteiger partial charge in [0.15, 0.2) is 0 Å². The van der Waals surface area contributed by atoms with Crippen LogP contribution in [-0.2, 0) is 4.79 Å². The van der Waals surface area contributed by atoms with Crippen molar-refractivity contribution < 1.29 is 14.0 Å². The molecule has 3 aromatic rings. The molecule has 0 aliphatic heterocycles. The molecule has 4 nitrogen and oxygen atoms in total. The second-order valence-electron chi connectivity index (χ2n) is 7.81. The maximum Gasteiger partial charge on any atom is 0.255 e. The number of alkyl halides is 2. The second-order valence-corrected chi connectivity index (χ2v) is 10.1. The number of hydrogen-bond acceptors (Lipinski definition) is 2. The first-order valence-electron chi connectivity index (χ1n) is 9.88. The fourth-order valence-corrected chi connectivity index (χ4v) is 5.04. The lowest BCUT2D eigenvalue weighted by atomic mass is 10.1. The maximum absolute atomic E-state index is 13.1. The molecule has 2 atom stereocenters. The molecule has 1 fully saturated rings. The molecule has 0 radical (unpaired) electrons. The van der Waals surface area contributed by atoms with Crippen LogP contribution in [0.2, 0.25) is 10.0 Å². The zero-order valence-corrected chi connectivity index (χ0v) is 20.2. The fraction of sp³-hybridized carbons (Fsp3) is 0.167. The Balaban J connectivity index is 1.51. The van der Waals surface area contributed by atoms with Gasteiger partial charge in [-0.15, -0.1) is 23.2 Å². The largest absolute Gasteiger partial charge is 0.325 e. The summed E-state index contributed by atoms with van der Waals surface area (Å²) in [7, 11) is 0. The molecule has 0 saturated heterocycles. The van der Waals surface area contributed by atoms with Gasteiger partial charge in [0, 0.05) is 32.9 Å². The van der Waals surface area contributed by atoms with E-state index in [-0.39, 0.29) is 5.91 Å². The molecule has 9 heteroatoms. The van der Waals surface area contributed by atoms with E-state index >= 15 is 0 Å². The van der Waals surface area contributed by atoms with Gasteiger partial charge in [0.1, 0.15) is 10.2 Å². The smallest absolute Gasteiger partial charge is 0.255 e. The van der Waals surface area contributed by atoms with Crippen molar-refractivity contribution in [2.24, 2.45) is 5.92 Å². The zero-order valence-electron chi connectivity index (χ0n) is 17.1. The van der Waals surface area contributed by atoms with E-state index in [9.17, 15) is 14.0 Å². The highest BCUT2D eigenvalue weighted by atomic mass is 35.5. The summed E-state index contributed by atoms with van der Waals surface area (Å²) in [6, 6.07) is 15.3. The quantitative estimate of drug-likeness (QED) is 0.345. The number of rotatable bonds is 5. The Morgan fingerprint density at radius 2 is 1.55 bits per heavy atom. The molecule has 0 bridgehead atoms. The molecule has 1 aliphatic carbocycles. The number of carbonyl (C=O) groups is 2. The third-order valence-electron chi connectivity index (χ3n) is 5.44. The molecule has 0 spiro atoms. The Morgan fingerprint density at radius 3 is 2.18 bits per heavy atom. The summed E-state index contributed by atoms with van der Waals surface area (Å²) in [5.41, 5.74) is 2.63. The summed E-state index contributed by atoms with van der Waals surface area (Å²) < 4.78 is 11.8. The van der Waals surface area contributed by atoms with E-state index in [1.165, 1.54) is 24.3 Å². The van der Waals surface area contributed by atoms with Gasteiger partial charge in [-0.1, -0.05) is 29.3 Å². The van der Waals surface area contributed by atoms with Crippen molar-refractivity contribution in [1.29, 1.82) is 0 Å². The van der Waals surface area contributed by atoms with Crippen LogP contribution in [0.1, 0.15) is 27.4 Å². The Morgan fingerprint density at radius 1 is 0.909 bits per heavy atom. The number of aryl methyl sites for hydroxylation is 1. The van der Waals surface area contributed by atoms with E-state index in [2.05, 4.69) is 10.6 Å². The molecule has 0 heterocycles. The third kappa shape index (κ3) is 5.12. The standard InChI is InChI=1S/C24H17Cl4FN2O2/c1-12-2-3-13(22(32)30-18-6-4-17(29)5-7-18)10-19(12)31-23(33)21-20(24(21,27)28)14-8-15(25)11-16(26)9-14/h2-11,20-21H,1H3,(H,30,32)(H,31,33). The van der Waals surface area contributed by atoms with Gasteiger partial charge in [-0.2, -0.15) is 0 Å². The highest BCUT2D eigenvalue weighted by Crippen LogP contribution is 2.65. The van der Waals surface area contributed by atoms with Crippen molar-refractivity contribution in [3.8, 4) is 0 Å². The topological polar surface area (TPSA) is 58.2 Å². The number of nitrogens with one attached hydrogen (secondary N) is 2. The minimum absolute atomic E-state index is 0.317. The predicted octanol–water partition coefficient (Wildman–Crippen LogP) is 7.22. The van der Waals surface area contributed by atoms with Crippen LogP contribution in [0.25, 0.3) is 0 Å². The van der Waals surface area contributed by atoms with Crippen molar-refractivity contribution in [2.75, 3.05) is 10.6 Å². The maximum atomic E-state index is 13.1. The molecule has 0 aromatic heterocycles. The van der Waals surface area contributed by atoms with Crippen molar-refractivity contribution in [2.45, 2.75) is 17.2 Å². The van der Waals surface area contributed by atoms with Gasteiger partial charge in [-0.25, -0.2) is 4.39 Å². The minimum atomic E-state index is -1.32. The summed E-state index contributed by atoms with van der Waals surface area (Å²) >= 11 is 25.0. The molecule has 2 N–H and O–H groups in total. The Hall–Kier alpha value is -2.31. The molecule has 2 amide bonds. The van der Waals surface area contributed by atoms with Gasteiger partial charge in [0.2, 0.25) is 5.91 Å². The van der Waals surface area contributed by atoms with Gasteiger partial charge in [0.05, 0.1) is 5.92 Å². The first-order valence-corrected chi connectivity index (χ1v) is 11.4. The van der Waals surface area contributed by atoms with Gasteiger partial charge < -0.3 is 10.6 Å². The first kappa shape index (κ1) is 23.8. The van der Waals surface area contributed by atoms with Crippen molar-refractivity contribution in [1.82, 2.24) is 0 Å². The molecular weight excluding hydrogens is 509 g/mol. The summed E-state index contributed by atoms with van der Waals surface area (Å²) in [4.78, 5) is 25.6. The fourth-order valence-electron chi connectivity index (χ4n) is 3.67. The molecule has 1 aliphatic rings. The molecule has 1 saturated carbocycles. The van der Waals surface area contributed by atoms with Crippen LogP contribution in [0.5, 0.6) is 0 Å². The highest BCUT2D eigenvalue weighted by molar-refractivity contribution is 6.53. The van der Waals surface area contributed by atoms with E-state index in [1.807, 2.05) is 0 Å². The normalized spacial score (nSPS) is 18.5. The average Bonchev–Trinajstić information content (AvgIpc) is 3.32. The molecule has 4 rings (SSSR count). The summed E-state index contributed by atoms with van der Waals surface area (Å²) in [5, 5.41) is 6.35. The van der Waals surface area contributed by atoms with Gasteiger partial charge in [-0.3, -0.25) is 9.59 Å². The number of carbonyl (C=O) groups excluding carboxylic acids is 2. The number of benzene rings is 3. The summed E-state index contributed by atoms with van der Waals surface area (Å²) in [6.45, 7) is 1.80. The number of halogens is 5. The minimum Gasteiger partial charge on any atom is -0.325 e. The van der Waals surface area contributed by atoms with Crippen molar-refractivity contribution >= 4 is 69.6 Å². The van der Waals surface area contributed by atoms with E-state index in [4.69, 9.17) is 46.4 Å². The summed E-state index contributed by atoms with van der Waals surface area (Å²) in [5.74, 6) is -2.41. The van der Waals surface area contributed by atoms with Crippen LogP contribution in [0.4, 0.5) is 15.8 Å². The SMILES string of the molecule is Cc1ccc(C(=O)Nc2ccc(F)cc2)cc1NC(=O)C1C(c2cc(Cl)cc(Cl)c2)C1(Cl)Cl. The molecule has 33 heavy (non-hydrogen) atoms. The van der Waals surface area contributed by atoms with Crippen LogP contribution < -0.4 is 10.6 Å². The van der Waals surface area contributed by atoms with Crippen LogP contribution in [-0.4, -0.2) is 16.1 Å². The number of hydrogen-bond donors (Lipinski definition) is 2. The average molecular weight is 526 g/mol. The summed E-state index contributed by atoms with van der Waals surface area (Å²) in [6.07, 6.45) is 0. The first-order chi connectivity index (χ1) is 15.6. The van der Waals surface area contributed by atoms with Crippen LogP contribution in [0.15, 0.2) is 60.7 Å². The second kappa shape index (κ2) is 9.15. The van der Waals surface area contributed by atoms with Gasteiger partial charge in [0.25, 0.3) is 5.91 Å². The van der Waals surface area contributed by atoms with Crippen LogP contribution >= 0.6 is 46.4 Å². The van der Waals surface area contributed by atoms with Crippen LogP contribution in [0, 0.1) is 18.7 Å². The molecular formula is C24H17Cl4FN2O2. The third-order valence-corrected chi connectivity index (χ3v) is 6.82. The van der Waals surface area contributed by atoms with Gasteiger partial charge >= 0.3 is 0 Å². The van der Waals surface area contributed by atoms with E-state index in [1.54, 1.807) is 43.3 Å². The predicted molar refractivity (Wildman–Crippen MR) is 131 cm³/mol. The molecule has 170 valence electrons. The Kier molecular flexibility index (Phi) is 6.61. The van der Waals surface area contributed by atoms with Crippen molar-refractivity contribution in [3.05, 3.63) is 93.2 Å². The lowest BCUT2D eigenvalue weighted by Gasteiger charge is -2.11. The highest BCUT2D eigenvalue weighted by Gasteiger charge is 2.67. The Labute approximate surface area is 210 Å². The van der Waals surface area contributed by atoms with E-state index < -0.39 is 27.9 Å². The lowest BCUT2D eigenvalue weighted by Crippen LogP contribution is -2.19. The van der Waals surface area contributed by atoms with Crippen LogP contribution in [0.3, 0.4) is 0 Å². The Bertz CT molecular complexity index is 1230. The van der Waals surface area contributed by atoms with E-state index in [0.29, 0.717) is 32.5 Å². The van der Waals surface area contributed by atoms with Gasteiger partial charge in [-0.05, 0) is 72.6 Å². The number of amides is 2. The lowest BCUT2D eigenvalue weighted by molar-refractivity contribution is -0.117. The van der Waals surface area contributed by atoms with E-state index in [0.717, 1.165) is 5.56 Å².